The number of nitro benzene ring substituents is 1. The normalized spacial score (nSPS) is 16.3. The first-order chi connectivity index (χ1) is 13.9. The van der Waals surface area contributed by atoms with Gasteiger partial charge in [-0.25, -0.2) is 19.8 Å². The number of aliphatic imine (C=N–C) groups is 2. The minimum absolute atomic E-state index is 0. The molecule has 1 unspecified atom stereocenters. The van der Waals surface area contributed by atoms with Crippen LogP contribution in [0.1, 0.15) is 18.8 Å². The van der Waals surface area contributed by atoms with E-state index in [0.29, 0.717) is 16.3 Å². The number of carboxylic acid groups (broad SMARTS) is 1. The van der Waals surface area contributed by atoms with Crippen molar-refractivity contribution >= 4 is 34.8 Å². The molecule has 150 valence electrons. The van der Waals surface area contributed by atoms with Gasteiger partial charge in [-0.2, -0.15) is 0 Å². The number of ether oxygens (including phenoxy) is 1. The number of fused-ring (bicyclic) bond motifs is 1. The summed E-state index contributed by atoms with van der Waals surface area (Å²) in [6, 6.07) is 9.95. The van der Waals surface area contributed by atoms with E-state index in [0.717, 1.165) is 5.06 Å². The van der Waals surface area contributed by atoms with E-state index in [1.54, 1.807) is 6.07 Å². The molecule has 2 aromatic rings. The van der Waals surface area contributed by atoms with Gasteiger partial charge in [0.15, 0.2) is 5.37 Å². The van der Waals surface area contributed by atoms with Crippen LogP contribution in [0.25, 0.3) is 0 Å². The van der Waals surface area contributed by atoms with Gasteiger partial charge in [0.1, 0.15) is 17.1 Å². The van der Waals surface area contributed by atoms with Gasteiger partial charge in [-0.05, 0) is 36.4 Å². The first-order valence-corrected chi connectivity index (χ1v) is 9.06. The number of hydrogen-bond acceptors (Lipinski definition) is 9. The number of nitro groups is 1. The predicted molar refractivity (Wildman–Crippen MR) is 107 cm³/mol. The summed E-state index contributed by atoms with van der Waals surface area (Å²) in [7, 11) is 0. The van der Waals surface area contributed by atoms with Crippen LogP contribution in [-0.2, 0) is 0 Å². The second kappa shape index (κ2) is 11.6. The molecule has 2 aliphatic rings. The molecule has 0 radical (unpaired) electrons. The minimum atomic E-state index is -1.08. The van der Waals surface area contributed by atoms with E-state index in [1.165, 1.54) is 60.7 Å². The van der Waals surface area contributed by atoms with Crippen LogP contribution in [0.2, 0.25) is 0 Å². The maximum absolute atomic E-state index is 11.5. The molecule has 0 saturated carbocycles. The molecular formula is C18H14K2N4O6S. The molecular weight excluding hydrogens is 478 g/mol. The van der Waals surface area contributed by atoms with Crippen molar-refractivity contribution in [2.45, 2.75) is 5.37 Å². The Bertz CT molecular complexity index is 1120. The Morgan fingerprint density at radius 2 is 1.94 bits per heavy atom. The third-order valence-electron chi connectivity index (χ3n) is 4.07. The van der Waals surface area contributed by atoms with Crippen LogP contribution < -0.4 is 108 Å². The number of aromatic carboxylic acids is 1. The summed E-state index contributed by atoms with van der Waals surface area (Å²) in [4.78, 5) is 30.1. The van der Waals surface area contributed by atoms with Gasteiger partial charge in [0.25, 0.3) is 0 Å². The van der Waals surface area contributed by atoms with Crippen LogP contribution in [0, 0.1) is 10.1 Å². The summed E-state index contributed by atoms with van der Waals surface area (Å²) < 4.78 is 5.57. The van der Waals surface area contributed by atoms with Crippen molar-refractivity contribution in [2.75, 3.05) is 0 Å². The SMILES string of the molecule is O=C(O)c1ccc(Oc2ccc(C3=NC4=CN=CN(O)C4S3)cc2[N+](=O)[O-])cc1.[H-].[H-].[K+].[K+]. The Labute approximate surface area is 268 Å². The van der Waals surface area contributed by atoms with Crippen molar-refractivity contribution in [1.29, 1.82) is 0 Å². The fourth-order valence-electron chi connectivity index (χ4n) is 2.69. The van der Waals surface area contributed by atoms with Crippen LogP contribution in [0.5, 0.6) is 11.5 Å². The van der Waals surface area contributed by atoms with Gasteiger partial charge >= 0.3 is 114 Å². The molecule has 0 saturated heterocycles. The quantitative estimate of drug-likeness (QED) is 0.270. The van der Waals surface area contributed by atoms with E-state index in [4.69, 9.17) is 9.84 Å². The Hall–Kier alpha value is -0.427. The molecule has 2 N–H and O–H groups in total. The zero-order valence-corrected chi connectivity index (χ0v) is 23.6. The average molecular weight is 493 g/mol. The van der Waals surface area contributed by atoms with E-state index in [-0.39, 0.29) is 128 Å². The van der Waals surface area contributed by atoms with E-state index in [9.17, 15) is 20.1 Å². The molecule has 0 fully saturated rings. The molecule has 0 amide bonds. The van der Waals surface area contributed by atoms with E-state index in [2.05, 4.69) is 9.98 Å². The molecule has 0 bridgehead atoms. The van der Waals surface area contributed by atoms with E-state index < -0.39 is 16.3 Å². The van der Waals surface area contributed by atoms with Crippen molar-refractivity contribution in [3.05, 3.63) is 75.6 Å². The van der Waals surface area contributed by atoms with Gasteiger partial charge in [0.05, 0.1) is 22.4 Å². The average Bonchev–Trinajstić information content (AvgIpc) is 3.14. The zero-order chi connectivity index (χ0) is 20.5. The van der Waals surface area contributed by atoms with Crippen molar-refractivity contribution in [1.82, 2.24) is 5.06 Å². The molecule has 2 heterocycles. The van der Waals surface area contributed by atoms with Crippen molar-refractivity contribution < 1.29 is 130 Å². The number of benzene rings is 2. The number of rotatable bonds is 5. The van der Waals surface area contributed by atoms with Crippen molar-refractivity contribution in [3.8, 4) is 11.5 Å². The number of thioether (sulfide) groups is 1. The summed E-state index contributed by atoms with van der Waals surface area (Å²) in [6.45, 7) is 0. The first kappa shape index (κ1) is 26.8. The fraction of sp³-hybridized carbons (Fsp3) is 0.0556. The standard InChI is InChI=1S/C18H12N4O6S.2K.2H/c23-18(24)10-1-4-12(5-2-10)28-15-6-3-11(7-14(15)22(26)27)16-20-13-8-19-9-21(25)17(13)29-16;;;;/h1-9,17,25H,(H,23,24);;;;/q;2*+1;2*-1. The van der Waals surface area contributed by atoms with E-state index >= 15 is 0 Å². The smallest absolute Gasteiger partial charge is 1.00 e. The maximum atomic E-state index is 11.5. The van der Waals surface area contributed by atoms with Crippen LogP contribution in [0.4, 0.5) is 5.69 Å². The van der Waals surface area contributed by atoms with Gasteiger partial charge in [0.2, 0.25) is 5.75 Å². The monoisotopic (exact) mass is 492 g/mol. The summed E-state index contributed by atoms with van der Waals surface area (Å²) in [6.07, 6.45) is 2.78. The maximum Gasteiger partial charge on any atom is 1.00 e. The summed E-state index contributed by atoms with van der Waals surface area (Å²) in [5.74, 6) is -0.805. The van der Waals surface area contributed by atoms with Gasteiger partial charge in [-0.3, -0.25) is 15.3 Å². The number of carbonyl (C=O) groups is 1. The molecule has 2 aliphatic heterocycles. The van der Waals surface area contributed by atoms with Crippen LogP contribution >= 0.6 is 11.8 Å². The fourth-order valence-corrected chi connectivity index (χ4v) is 3.72. The Morgan fingerprint density at radius 3 is 2.55 bits per heavy atom. The number of carboxylic acids is 1. The topological polar surface area (TPSA) is 138 Å². The summed E-state index contributed by atoms with van der Waals surface area (Å²) >= 11 is 1.24. The van der Waals surface area contributed by atoms with Crippen LogP contribution in [-0.4, -0.2) is 43.0 Å². The Balaban J connectivity index is 0.00000256. The largest absolute Gasteiger partial charge is 1.00 e. The van der Waals surface area contributed by atoms with Crippen molar-refractivity contribution in [3.63, 3.8) is 0 Å². The molecule has 0 spiro atoms. The number of hydrogen-bond donors (Lipinski definition) is 2. The molecule has 0 aliphatic carbocycles. The summed E-state index contributed by atoms with van der Waals surface area (Å²) in [5.41, 5.74) is 0.848. The molecule has 31 heavy (non-hydrogen) atoms. The summed E-state index contributed by atoms with van der Waals surface area (Å²) in [5, 5.41) is 31.3. The first-order valence-electron chi connectivity index (χ1n) is 8.18. The predicted octanol–water partition coefficient (Wildman–Crippen LogP) is -2.29. The zero-order valence-electron chi connectivity index (χ0n) is 18.5. The number of nitrogens with zero attached hydrogens (tertiary/aromatic N) is 4. The molecule has 13 heteroatoms. The Kier molecular flexibility index (Phi) is 10.1. The second-order valence-electron chi connectivity index (χ2n) is 5.96. The van der Waals surface area contributed by atoms with Gasteiger partial charge in [0, 0.05) is 11.6 Å². The van der Waals surface area contributed by atoms with E-state index in [1.807, 2.05) is 0 Å². The molecule has 2 aromatic carbocycles. The molecule has 1 atom stereocenters. The van der Waals surface area contributed by atoms with Crippen molar-refractivity contribution in [2.24, 2.45) is 9.98 Å². The van der Waals surface area contributed by atoms with Gasteiger partial charge in [-0.1, -0.05) is 11.8 Å². The molecule has 10 nitrogen and oxygen atoms in total. The van der Waals surface area contributed by atoms with Crippen LogP contribution in [0.15, 0.2) is 64.3 Å². The third kappa shape index (κ3) is 6.13. The second-order valence-corrected chi connectivity index (χ2v) is 7.03. The number of hydroxylamine groups is 2. The van der Waals surface area contributed by atoms with Gasteiger partial charge in [-0.15, -0.1) is 0 Å². The minimum Gasteiger partial charge on any atom is -1.00 e. The van der Waals surface area contributed by atoms with Crippen LogP contribution in [0.3, 0.4) is 0 Å². The Morgan fingerprint density at radius 1 is 1.23 bits per heavy atom. The third-order valence-corrected chi connectivity index (χ3v) is 5.30. The molecule has 0 aromatic heterocycles. The van der Waals surface area contributed by atoms with Gasteiger partial charge < -0.3 is 12.7 Å². The molecule has 4 rings (SSSR count).